The highest BCUT2D eigenvalue weighted by atomic mass is 32.2. The van der Waals surface area contributed by atoms with Gasteiger partial charge in [-0.2, -0.15) is 0 Å². The summed E-state index contributed by atoms with van der Waals surface area (Å²) >= 11 is 0. The number of sulfonamides is 1. The summed E-state index contributed by atoms with van der Waals surface area (Å²) in [5, 5.41) is 2.77. The maximum absolute atomic E-state index is 12.9. The van der Waals surface area contributed by atoms with Gasteiger partial charge in [-0.25, -0.2) is 13.1 Å². The van der Waals surface area contributed by atoms with Crippen LogP contribution in [0.2, 0.25) is 0 Å². The number of likely N-dealkylation sites (tertiary alicyclic amines) is 1. The lowest BCUT2D eigenvalue weighted by Gasteiger charge is -2.26. The summed E-state index contributed by atoms with van der Waals surface area (Å²) in [7, 11) is -2.35. The normalized spacial score (nSPS) is 15.0. The van der Waals surface area contributed by atoms with Gasteiger partial charge in [0.05, 0.1) is 17.6 Å². The number of rotatable bonds is 9. The van der Waals surface area contributed by atoms with E-state index in [1.165, 1.54) is 50.1 Å². The Kier molecular flexibility index (Phi) is 8.28. The van der Waals surface area contributed by atoms with E-state index in [4.69, 9.17) is 4.74 Å². The maximum Gasteiger partial charge on any atom is 0.255 e. The summed E-state index contributed by atoms with van der Waals surface area (Å²) in [5.41, 5.74) is 2.27. The molecule has 0 atom stereocenters. The van der Waals surface area contributed by atoms with Crippen molar-refractivity contribution < 1.29 is 17.9 Å². The lowest BCUT2D eigenvalue weighted by atomic mass is 10.1. The van der Waals surface area contributed by atoms with Crippen molar-refractivity contribution in [3.8, 4) is 5.75 Å². The molecule has 2 aromatic carbocycles. The molecule has 1 saturated heterocycles. The van der Waals surface area contributed by atoms with Crippen molar-refractivity contribution in [1.82, 2.24) is 14.9 Å². The van der Waals surface area contributed by atoms with Crippen LogP contribution in [0, 0.1) is 0 Å². The zero-order chi connectivity index (χ0) is 23.1. The Morgan fingerprint density at radius 1 is 1.06 bits per heavy atom. The highest BCUT2D eigenvalue weighted by Crippen LogP contribution is 2.23. The highest BCUT2D eigenvalue weighted by molar-refractivity contribution is 7.89. The van der Waals surface area contributed by atoms with Gasteiger partial charge in [-0.15, -0.1) is 0 Å². The van der Waals surface area contributed by atoms with E-state index in [1.807, 2.05) is 32.0 Å². The van der Waals surface area contributed by atoms with Gasteiger partial charge >= 0.3 is 0 Å². The van der Waals surface area contributed by atoms with Crippen LogP contribution in [0.15, 0.2) is 47.4 Å². The molecule has 0 bridgehead atoms. The average molecular weight is 460 g/mol. The predicted molar refractivity (Wildman–Crippen MR) is 125 cm³/mol. The standard InChI is InChI=1S/C24H33N3O4S/c1-18(2)26-24(28)22-15-21(10-11-23(22)31-3)32(29,30)25-16-19-8-7-9-20(14-19)17-27-12-5-4-6-13-27/h7-11,14-15,18,25H,4-6,12-13,16-17H2,1-3H3,(H,26,28). The minimum absolute atomic E-state index is 0.0247. The third-order valence-electron chi connectivity index (χ3n) is 5.46. The molecular weight excluding hydrogens is 426 g/mol. The Hall–Kier alpha value is -2.42. The Balaban J connectivity index is 1.71. The summed E-state index contributed by atoms with van der Waals surface area (Å²) in [6.45, 7) is 6.96. The van der Waals surface area contributed by atoms with E-state index in [1.54, 1.807) is 0 Å². The van der Waals surface area contributed by atoms with Gasteiger partial charge in [0.1, 0.15) is 5.75 Å². The van der Waals surface area contributed by atoms with Crippen molar-refractivity contribution in [2.75, 3.05) is 20.2 Å². The van der Waals surface area contributed by atoms with Crippen LogP contribution in [0.25, 0.3) is 0 Å². The largest absolute Gasteiger partial charge is 0.496 e. The zero-order valence-corrected chi connectivity index (χ0v) is 19.9. The quantitative estimate of drug-likeness (QED) is 0.601. The Labute approximate surface area is 191 Å². The Bertz CT molecular complexity index is 1030. The van der Waals surface area contributed by atoms with Gasteiger partial charge in [0.15, 0.2) is 0 Å². The molecule has 32 heavy (non-hydrogen) atoms. The van der Waals surface area contributed by atoms with Gasteiger partial charge < -0.3 is 10.1 Å². The Morgan fingerprint density at radius 3 is 2.47 bits per heavy atom. The fourth-order valence-corrected chi connectivity index (χ4v) is 4.89. The number of hydrogen-bond donors (Lipinski definition) is 2. The van der Waals surface area contributed by atoms with E-state index in [9.17, 15) is 13.2 Å². The summed E-state index contributed by atoms with van der Waals surface area (Å²) < 4.78 is 33.7. The summed E-state index contributed by atoms with van der Waals surface area (Å²) in [6.07, 6.45) is 3.77. The summed E-state index contributed by atoms with van der Waals surface area (Å²) in [4.78, 5) is 14.9. The van der Waals surface area contributed by atoms with E-state index in [0.717, 1.165) is 25.2 Å². The van der Waals surface area contributed by atoms with Crippen molar-refractivity contribution in [1.29, 1.82) is 0 Å². The Morgan fingerprint density at radius 2 is 1.78 bits per heavy atom. The molecule has 8 heteroatoms. The minimum Gasteiger partial charge on any atom is -0.496 e. The van der Waals surface area contributed by atoms with Crippen LogP contribution in [0.3, 0.4) is 0 Å². The third kappa shape index (κ3) is 6.54. The van der Waals surface area contributed by atoms with E-state index in [2.05, 4.69) is 21.0 Å². The molecule has 174 valence electrons. The molecule has 0 aromatic heterocycles. The second kappa shape index (κ2) is 10.9. The van der Waals surface area contributed by atoms with Crippen LogP contribution in [-0.4, -0.2) is 45.5 Å². The van der Waals surface area contributed by atoms with Crippen molar-refractivity contribution in [2.24, 2.45) is 0 Å². The number of carbonyl (C=O) groups is 1. The van der Waals surface area contributed by atoms with Gasteiger partial charge in [-0.05, 0) is 69.1 Å². The van der Waals surface area contributed by atoms with Crippen LogP contribution in [-0.2, 0) is 23.1 Å². The number of methoxy groups -OCH3 is 1. The minimum atomic E-state index is -3.80. The van der Waals surface area contributed by atoms with Crippen LogP contribution in [0.1, 0.15) is 54.6 Å². The lowest BCUT2D eigenvalue weighted by Crippen LogP contribution is -2.31. The first-order valence-electron chi connectivity index (χ1n) is 11.1. The second-order valence-corrected chi connectivity index (χ2v) is 10.2. The molecule has 0 aliphatic carbocycles. The van der Waals surface area contributed by atoms with E-state index < -0.39 is 10.0 Å². The number of benzene rings is 2. The molecule has 2 N–H and O–H groups in total. The molecule has 0 spiro atoms. The lowest BCUT2D eigenvalue weighted by molar-refractivity contribution is 0.0940. The zero-order valence-electron chi connectivity index (χ0n) is 19.1. The van der Waals surface area contributed by atoms with Crippen molar-refractivity contribution in [3.63, 3.8) is 0 Å². The third-order valence-corrected chi connectivity index (χ3v) is 6.86. The second-order valence-electron chi connectivity index (χ2n) is 8.47. The molecule has 0 saturated carbocycles. The van der Waals surface area contributed by atoms with Crippen LogP contribution < -0.4 is 14.8 Å². The molecule has 1 aliphatic rings. The SMILES string of the molecule is COc1ccc(S(=O)(=O)NCc2cccc(CN3CCCCC3)c2)cc1C(=O)NC(C)C. The highest BCUT2D eigenvalue weighted by Gasteiger charge is 2.20. The van der Waals surface area contributed by atoms with Gasteiger partial charge in [0, 0.05) is 19.1 Å². The number of nitrogens with zero attached hydrogens (tertiary/aromatic N) is 1. The van der Waals surface area contributed by atoms with Gasteiger partial charge in [-0.1, -0.05) is 30.7 Å². The first-order valence-corrected chi connectivity index (χ1v) is 12.6. The predicted octanol–water partition coefficient (Wildman–Crippen LogP) is 3.30. The first-order chi connectivity index (χ1) is 15.3. The molecule has 2 aromatic rings. The molecular formula is C24H33N3O4S. The van der Waals surface area contributed by atoms with E-state index >= 15 is 0 Å². The average Bonchev–Trinajstić information content (AvgIpc) is 2.78. The molecule has 1 aliphatic heterocycles. The van der Waals surface area contributed by atoms with Gasteiger partial charge in [0.2, 0.25) is 10.0 Å². The van der Waals surface area contributed by atoms with Crippen molar-refractivity contribution in [3.05, 3.63) is 59.2 Å². The molecule has 7 nitrogen and oxygen atoms in total. The van der Waals surface area contributed by atoms with Crippen molar-refractivity contribution in [2.45, 2.75) is 57.1 Å². The number of carbonyl (C=O) groups excluding carboxylic acids is 1. The molecule has 1 heterocycles. The summed E-state index contributed by atoms with van der Waals surface area (Å²) in [5.74, 6) is -0.0492. The van der Waals surface area contributed by atoms with Crippen molar-refractivity contribution >= 4 is 15.9 Å². The fraction of sp³-hybridized carbons (Fsp3) is 0.458. The van der Waals surface area contributed by atoms with E-state index in [0.29, 0.717) is 5.75 Å². The first kappa shape index (κ1) is 24.2. The number of nitrogens with one attached hydrogen (secondary N) is 2. The monoisotopic (exact) mass is 459 g/mol. The molecule has 1 amide bonds. The molecule has 0 unspecified atom stereocenters. The fourth-order valence-electron chi connectivity index (χ4n) is 3.85. The van der Waals surface area contributed by atoms with Crippen LogP contribution in [0.4, 0.5) is 0 Å². The van der Waals surface area contributed by atoms with Crippen LogP contribution >= 0.6 is 0 Å². The molecule has 3 rings (SSSR count). The van der Waals surface area contributed by atoms with E-state index in [-0.39, 0.29) is 29.0 Å². The van der Waals surface area contributed by atoms with Crippen LogP contribution in [0.5, 0.6) is 5.75 Å². The topological polar surface area (TPSA) is 87.7 Å². The number of ether oxygens (including phenoxy) is 1. The summed E-state index contributed by atoms with van der Waals surface area (Å²) in [6, 6.07) is 12.2. The molecule has 1 fully saturated rings. The maximum atomic E-state index is 12.9. The smallest absolute Gasteiger partial charge is 0.255 e. The van der Waals surface area contributed by atoms with Gasteiger partial charge in [0.25, 0.3) is 5.91 Å². The number of hydrogen-bond acceptors (Lipinski definition) is 5. The van der Waals surface area contributed by atoms with Gasteiger partial charge in [-0.3, -0.25) is 9.69 Å². The number of piperidine rings is 1. The molecule has 0 radical (unpaired) electrons. The number of amides is 1.